The lowest BCUT2D eigenvalue weighted by atomic mass is 10.2. The van der Waals surface area contributed by atoms with Crippen molar-refractivity contribution in [3.05, 3.63) is 86.7 Å². The molecule has 9 heteroatoms. The molecule has 9 nitrogen and oxygen atoms in total. The van der Waals surface area contributed by atoms with Gasteiger partial charge in [-0.05, 0) is 19.1 Å². The van der Waals surface area contributed by atoms with Crippen molar-refractivity contribution < 1.29 is 4.92 Å². The molecule has 4 aromatic rings. The molecule has 3 aromatic heterocycles. The second-order valence-corrected chi connectivity index (χ2v) is 6.02. The van der Waals surface area contributed by atoms with Crippen molar-refractivity contribution >= 4 is 11.3 Å². The van der Waals surface area contributed by atoms with Crippen molar-refractivity contribution in [2.24, 2.45) is 0 Å². The quantitative estimate of drug-likeness (QED) is 0.407. The predicted molar refractivity (Wildman–Crippen MR) is 97.4 cm³/mol. The molecule has 0 aliphatic heterocycles. The van der Waals surface area contributed by atoms with Gasteiger partial charge in [-0.1, -0.05) is 18.2 Å². The highest BCUT2D eigenvalue weighted by molar-refractivity contribution is 5.58. The lowest BCUT2D eigenvalue weighted by Crippen LogP contribution is -2.18. The van der Waals surface area contributed by atoms with Gasteiger partial charge in [0.25, 0.3) is 11.2 Å². The number of benzene rings is 1. The van der Waals surface area contributed by atoms with Gasteiger partial charge in [0.15, 0.2) is 5.82 Å². The van der Waals surface area contributed by atoms with Crippen LogP contribution in [-0.2, 0) is 6.54 Å². The van der Waals surface area contributed by atoms with Crippen LogP contribution < -0.4 is 5.56 Å². The number of nitro groups is 1. The first-order valence-electron chi connectivity index (χ1n) is 8.14. The first-order valence-corrected chi connectivity index (χ1v) is 8.14. The highest BCUT2D eigenvalue weighted by atomic mass is 16.6. The minimum Gasteiger partial charge on any atom is -0.269 e. The zero-order valence-electron chi connectivity index (χ0n) is 14.3. The van der Waals surface area contributed by atoms with Gasteiger partial charge in [-0.3, -0.25) is 19.3 Å². The number of nitro benzene ring substituents is 1. The topological polar surface area (TPSA) is 108 Å². The van der Waals surface area contributed by atoms with Crippen LogP contribution in [0.5, 0.6) is 0 Å². The van der Waals surface area contributed by atoms with Crippen LogP contribution in [0.2, 0.25) is 0 Å². The maximum atomic E-state index is 12.4. The molecule has 0 N–H and O–H groups in total. The normalized spacial score (nSPS) is 11.0. The van der Waals surface area contributed by atoms with Gasteiger partial charge in [0.2, 0.25) is 0 Å². The number of hydrogen-bond acceptors (Lipinski definition) is 6. The number of fused-ring (bicyclic) bond motifs is 1. The Morgan fingerprint density at radius 2 is 1.96 bits per heavy atom. The molecule has 0 radical (unpaired) electrons. The van der Waals surface area contributed by atoms with Gasteiger partial charge in [-0.2, -0.15) is 5.10 Å². The minimum absolute atomic E-state index is 0.0246. The standard InChI is InChI=1S/C18H14N6O3/c1-12-4-2-7-16-20-14(9-17(25)23(12)16)10-22-11-19-18(21-22)13-5-3-6-15(8-13)24(26)27/h2-9,11H,10H2,1H3. The monoisotopic (exact) mass is 362 g/mol. The third kappa shape index (κ3) is 3.17. The van der Waals surface area contributed by atoms with Crippen LogP contribution in [0.4, 0.5) is 5.69 Å². The van der Waals surface area contributed by atoms with Gasteiger partial charge in [0, 0.05) is 29.5 Å². The van der Waals surface area contributed by atoms with Crippen molar-refractivity contribution in [2.75, 3.05) is 0 Å². The number of non-ortho nitro benzene ring substituents is 1. The van der Waals surface area contributed by atoms with E-state index in [9.17, 15) is 14.9 Å². The SMILES string of the molecule is Cc1cccc2nc(Cn3cnc(-c4cccc([N+](=O)[O-])c4)n3)cc(=O)n12. The van der Waals surface area contributed by atoms with Crippen LogP contribution in [0.15, 0.2) is 59.7 Å². The Morgan fingerprint density at radius 1 is 1.15 bits per heavy atom. The Morgan fingerprint density at radius 3 is 2.78 bits per heavy atom. The highest BCUT2D eigenvalue weighted by Crippen LogP contribution is 2.20. The van der Waals surface area contributed by atoms with Gasteiger partial charge in [-0.15, -0.1) is 0 Å². The summed E-state index contributed by atoms with van der Waals surface area (Å²) in [5.74, 6) is 0.368. The molecular formula is C18H14N6O3. The molecule has 0 saturated heterocycles. The summed E-state index contributed by atoms with van der Waals surface area (Å²) in [6.45, 7) is 2.11. The molecule has 0 fully saturated rings. The second kappa shape index (κ2) is 6.45. The third-order valence-electron chi connectivity index (χ3n) is 4.11. The molecule has 0 bridgehead atoms. The fraction of sp³-hybridized carbons (Fsp3) is 0.111. The van der Waals surface area contributed by atoms with Crippen LogP contribution in [0.3, 0.4) is 0 Å². The van der Waals surface area contributed by atoms with Gasteiger partial charge in [-0.25, -0.2) is 14.6 Å². The van der Waals surface area contributed by atoms with Gasteiger partial charge in [0.05, 0.1) is 17.2 Å². The Hall–Kier alpha value is -3.88. The van der Waals surface area contributed by atoms with E-state index in [1.165, 1.54) is 24.5 Å². The maximum Gasteiger partial charge on any atom is 0.270 e. The van der Waals surface area contributed by atoms with Crippen molar-refractivity contribution in [2.45, 2.75) is 13.5 Å². The number of nitrogens with zero attached hydrogens (tertiary/aromatic N) is 6. The molecule has 0 amide bonds. The molecule has 134 valence electrons. The first kappa shape index (κ1) is 16.6. The van der Waals surface area contributed by atoms with E-state index in [-0.39, 0.29) is 17.8 Å². The van der Waals surface area contributed by atoms with Crippen molar-refractivity contribution in [3.8, 4) is 11.4 Å². The third-order valence-corrected chi connectivity index (χ3v) is 4.11. The number of hydrogen-bond donors (Lipinski definition) is 0. The first-order chi connectivity index (χ1) is 13.0. The van der Waals surface area contributed by atoms with E-state index in [4.69, 9.17) is 0 Å². The molecule has 4 rings (SSSR count). The van der Waals surface area contributed by atoms with Crippen LogP contribution in [0.1, 0.15) is 11.4 Å². The smallest absolute Gasteiger partial charge is 0.269 e. The average molecular weight is 362 g/mol. The minimum atomic E-state index is -0.463. The van der Waals surface area contributed by atoms with E-state index in [1.54, 1.807) is 27.3 Å². The van der Waals surface area contributed by atoms with Crippen molar-refractivity contribution in [1.82, 2.24) is 24.1 Å². The average Bonchev–Trinajstić information content (AvgIpc) is 3.10. The second-order valence-electron chi connectivity index (χ2n) is 6.02. The molecule has 0 atom stereocenters. The fourth-order valence-electron chi connectivity index (χ4n) is 2.87. The largest absolute Gasteiger partial charge is 0.270 e. The molecule has 27 heavy (non-hydrogen) atoms. The summed E-state index contributed by atoms with van der Waals surface area (Å²) in [6.07, 6.45) is 1.51. The molecule has 0 aliphatic carbocycles. The van der Waals surface area contributed by atoms with Crippen LogP contribution in [-0.4, -0.2) is 29.1 Å². The lowest BCUT2D eigenvalue weighted by Gasteiger charge is -2.06. The Kier molecular flexibility index (Phi) is 3.96. The number of aromatic nitrogens is 5. The summed E-state index contributed by atoms with van der Waals surface area (Å²) < 4.78 is 3.08. The van der Waals surface area contributed by atoms with E-state index in [1.807, 2.05) is 19.1 Å². The molecule has 1 aromatic carbocycles. The van der Waals surface area contributed by atoms with E-state index in [0.29, 0.717) is 22.7 Å². The van der Waals surface area contributed by atoms with E-state index >= 15 is 0 Å². The van der Waals surface area contributed by atoms with Crippen LogP contribution in [0, 0.1) is 17.0 Å². The summed E-state index contributed by atoms with van der Waals surface area (Å²) in [6, 6.07) is 13.0. The van der Waals surface area contributed by atoms with E-state index < -0.39 is 4.92 Å². The van der Waals surface area contributed by atoms with Crippen LogP contribution >= 0.6 is 0 Å². The fourth-order valence-corrected chi connectivity index (χ4v) is 2.87. The summed E-state index contributed by atoms with van der Waals surface area (Å²) in [5.41, 5.74) is 2.29. The number of pyridine rings is 1. The lowest BCUT2D eigenvalue weighted by molar-refractivity contribution is -0.384. The van der Waals surface area contributed by atoms with Gasteiger partial charge in [0.1, 0.15) is 12.0 Å². The Balaban J connectivity index is 1.65. The van der Waals surface area contributed by atoms with E-state index in [2.05, 4.69) is 15.1 Å². The van der Waals surface area contributed by atoms with E-state index in [0.717, 1.165) is 5.69 Å². The van der Waals surface area contributed by atoms with Gasteiger partial charge < -0.3 is 0 Å². The van der Waals surface area contributed by atoms with Crippen molar-refractivity contribution in [3.63, 3.8) is 0 Å². The zero-order chi connectivity index (χ0) is 19.0. The molecule has 0 aliphatic rings. The molecular weight excluding hydrogens is 348 g/mol. The Bertz CT molecular complexity index is 1230. The van der Waals surface area contributed by atoms with Crippen LogP contribution in [0.25, 0.3) is 17.0 Å². The highest BCUT2D eigenvalue weighted by Gasteiger charge is 2.11. The molecule has 0 saturated carbocycles. The zero-order valence-corrected chi connectivity index (χ0v) is 14.3. The Labute approximate surface area is 152 Å². The summed E-state index contributed by atoms with van der Waals surface area (Å²) in [7, 11) is 0. The summed E-state index contributed by atoms with van der Waals surface area (Å²) in [4.78, 5) is 31.5. The molecule has 0 unspecified atom stereocenters. The van der Waals surface area contributed by atoms with Crippen molar-refractivity contribution in [1.29, 1.82) is 0 Å². The maximum absolute atomic E-state index is 12.4. The summed E-state index contributed by atoms with van der Waals surface area (Å²) in [5, 5.41) is 15.3. The molecule has 0 spiro atoms. The molecule has 3 heterocycles. The van der Waals surface area contributed by atoms with Gasteiger partial charge >= 0.3 is 0 Å². The number of aryl methyl sites for hydroxylation is 1. The predicted octanol–water partition coefficient (Wildman–Crippen LogP) is 2.22. The number of rotatable bonds is 4. The summed E-state index contributed by atoms with van der Waals surface area (Å²) >= 11 is 0.